The molecular formula is C15H23ClN4O. The number of aromatic nitrogens is 1. The molecule has 1 aliphatic heterocycles. The van der Waals surface area contributed by atoms with E-state index in [0.29, 0.717) is 28.9 Å². The van der Waals surface area contributed by atoms with E-state index in [2.05, 4.69) is 34.5 Å². The maximum atomic E-state index is 12.3. The zero-order valence-electron chi connectivity index (χ0n) is 12.7. The highest BCUT2D eigenvalue weighted by Gasteiger charge is 2.20. The summed E-state index contributed by atoms with van der Waals surface area (Å²) in [5, 5.41) is 6.53. The van der Waals surface area contributed by atoms with Crippen LogP contribution in [-0.2, 0) is 0 Å². The van der Waals surface area contributed by atoms with Gasteiger partial charge in [-0.3, -0.25) is 4.79 Å². The first-order valence-electron chi connectivity index (χ1n) is 7.46. The fourth-order valence-corrected chi connectivity index (χ4v) is 2.68. The van der Waals surface area contributed by atoms with Crippen LogP contribution in [0, 0.1) is 5.92 Å². The average Bonchev–Trinajstić information content (AvgIpc) is 2.89. The number of hydrogen-bond donors (Lipinski definition) is 2. The minimum absolute atomic E-state index is 0.128. The van der Waals surface area contributed by atoms with Gasteiger partial charge in [0.2, 0.25) is 0 Å². The van der Waals surface area contributed by atoms with Gasteiger partial charge in [0.1, 0.15) is 5.82 Å². The molecule has 0 saturated carbocycles. The number of anilines is 1. The lowest BCUT2D eigenvalue weighted by Gasteiger charge is -2.13. The van der Waals surface area contributed by atoms with E-state index in [9.17, 15) is 4.79 Å². The van der Waals surface area contributed by atoms with Crippen molar-refractivity contribution < 1.29 is 4.79 Å². The lowest BCUT2D eigenvalue weighted by atomic mass is 10.1. The van der Waals surface area contributed by atoms with Crippen molar-refractivity contribution in [3.63, 3.8) is 0 Å². The highest BCUT2D eigenvalue weighted by molar-refractivity contribution is 6.33. The van der Waals surface area contributed by atoms with Crippen molar-refractivity contribution in [2.24, 2.45) is 5.92 Å². The van der Waals surface area contributed by atoms with Gasteiger partial charge in [0.05, 0.1) is 10.6 Å². The lowest BCUT2D eigenvalue weighted by molar-refractivity contribution is 0.0947. The zero-order chi connectivity index (χ0) is 15.2. The Morgan fingerprint density at radius 1 is 1.57 bits per heavy atom. The van der Waals surface area contributed by atoms with E-state index < -0.39 is 0 Å². The smallest absolute Gasteiger partial charge is 0.253 e. The molecule has 1 fully saturated rings. The minimum atomic E-state index is -0.128. The summed E-state index contributed by atoms with van der Waals surface area (Å²) in [5.41, 5.74) is 0.483. The molecule has 1 unspecified atom stereocenters. The first-order valence-corrected chi connectivity index (χ1v) is 7.84. The van der Waals surface area contributed by atoms with Gasteiger partial charge in [-0.2, -0.15) is 0 Å². The van der Waals surface area contributed by atoms with Gasteiger partial charge in [0.15, 0.2) is 0 Å². The van der Waals surface area contributed by atoms with Crippen molar-refractivity contribution in [3.05, 3.63) is 22.8 Å². The zero-order valence-corrected chi connectivity index (χ0v) is 13.4. The molecule has 1 aromatic heterocycles. The number of likely N-dealkylation sites (tertiary alicyclic amines) is 1. The highest BCUT2D eigenvalue weighted by Crippen LogP contribution is 2.19. The number of carbonyl (C=O) groups excluding carboxylic acids is 1. The molecule has 0 aromatic carbocycles. The van der Waals surface area contributed by atoms with Gasteiger partial charge in [0, 0.05) is 25.8 Å². The van der Waals surface area contributed by atoms with Crippen molar-refractivity contribution in [2.45, 2.75) is 19.8 Å². The standard InChI is InChI=1S/C15H23ClN4O/c1-3-5-17-14-7-12(13(16)9-18-14)15(21)19-8-11-4-6-20(2)10-11/h7,9,11H,3-6,8,10H2,1-2H3,(H,17,18)(H,19,21). The lowest BCUT2D eigenvalue weighted by Crippen LogP contribution is -2.30. The van der Waals surface area contributed by atoms with Crippen LogP contribution in [-0.4, -0.2) is 49.0 Å². The number of hydrogen-bond acceptors (Lipinski definition) is 4. The number of halogens is 1. The maximum absolute atomic E-state index is 12.3. The van der Waals surface area contributed by atoms with Crippen LogP contribution in [0.2, 0.25) is 5.02 Å². The molecule has 0 radical (unpaired) electrons. The van der Waals surface area contributed by atoms with E-state index in [1.54, 1.807) is 6.07 Å². The number of carbonyl (C=O) groups is 1. The number of rotatable bonds is 6. The third kappa shape index (κ3) is 4.58. The largest absolute Gasteiger partial charge is 0.370 e. The van der Waals surface area contributed by atoms with Crippen molar-refractivity contribution in [3.8, 4) is 0 Å². The van der Waals surface area contributed by atoms with Crippen LogP contribution in [0.5, 0.6) is 0 Å². The third-order valence-electron chi connectivity index (χ3n) is 3.70. The molecular weight excluding hydrogens is 288 g/mol. The van der Waals surface area contributed by atoms with Crippen LogP contribution in [0.15, 0.2) is 12.3 Å². The quantitative estimate of drug-likeness (QED) is 0.846. The normalized spacial score (nSPS) is 18.7. The van der Waals surface area contributed by atoms with E-state index in [1.807, 2.05) is 0 Å². The predicted molar refractivity (Wildman–Crippen MR) is 86.0 cm³/mol. The summed E-state index contributed by atoms with van der Waals surface area (Å²) in [6.45, 7) is 5.73. The summed E-state index contributed by atoms with van der Waals surface area (Å²) in [5.74, 6) is 1.08. The summed E-state index contributed by atoms with van der Waals surface area (Å²) >= 11 is 6.08. The molecule has 0 aliphatic carbocycles. The molecule has 1 aliphatic rings. The van der Waals surface area contributed by atoms with E-state index in [0.717, 1.165) is 32.5 Å². The second-order valence-corrected chi connectivity index (χ2v) is 6.01. The molecule has 2 rings (SSSR count). The summed E-state index contributed by atoms with van der Waals surface area (Å²) in [6.07, 6.45) is 3.66. The van der Waals surface area contributed by atoms with Crippen LogP contribution in [0.1, 0.15) is 30.1 Å². The minimum Gasteiger partial charge on any atom is -0.370 e. The molecule has 2 N–H and O–H groups in total. The van der Waals surface area contributed by atoms with Gasteiger partial charge >= 0.3 is 0 Å². The Morgan fingerprint density at radius 2 is 2.38 bits per heavy atom. The van der Waals surface area contributed by atoms with E-state index in [-0.39, 0.29) is 5.91 Å². The Bertz CT molecular complexity index is 495. The second-order valence-electron chi connectivity index (χ2n) is 5.60. The first-order chi connectivity index (χ1) is 10.1. The van der Waals surface area contributed by atoms with Crippen LogP contribution in [0.4, 0.5) is 5.82 Å². The Balaban J connectivity index is 1.94. The molecule has 21 heavy (non-hydrogen) atoms. The monoisotopic (exact) mass is 310 g/mol. The van der Waals surface area contributed by atoms with E-state index in [4.69, 9.17) is 11.6 Å². The van der Waals surface area contributed by atoms with Crippen LogP contribution in [0.3, 0.4) is 0 Å². The van der Waals surface area contributed by atoms with Crippen LogP contribution in [0.25, 0.3) is 0 Å². The average molecular weight is 311 g/mol. The molecule has 0 bridgehead atoms. The Hall–Kier alpha value is -1.33. The van der Waals surface area contributed by atoms with Crippen molar-refractivity contribution in [1.29, 1.82) is 0 Å². The molecule has 0 spiro atoms. The first kappa shape index (κ1) is 16.0. The summed E-state index contributed by atoms with van der Waals surface area (Å²) < 4.78 is 0. The number of nitrogens with zero attached hydrogens (tertiary/aromatic N) is 2. The van der Waals surface area contributed by atoms with Crippen molar-refractivity contribution in [2.75, 3.05) is 38.5 Å². The maximum Gasteiger partial charge on any atom is 0.253 e. The predicted octanol–water partition coefficient (Wildman–Crippen LogP) is 2.24. The fraction of sp³-hybridized carbons (Fsp3) is 0.600. The van der Waals surface area contributed by atoms with E-state index >= 15 is 0 Å². The number of pyridine rings is 1. The Labute approximate surface area is 131 Å². The van der Waals surface area contributed by atoms with Gasteiger partial charge < -0.3 is 15.5 Å². The van der Waals surface area contributed by atoms with Gasteiger partial charge in [-0.15, -0.1) is 0 Å². The summed E-state index contributed by atoms with van der Waals surface area (Å²) in [7, 11) is 2.10. The second kappa shape index (κ2) is 7.61. The Kier molecular flexibility index (Phi) is 5.82. The molecule has 1 aromatic rings. The molecule has 5 nitrogen and oxygen atoms in total. The van der Waals surface area contributed by atoms with Crippen molar-refractivity contribution in [1.82, 2.24) is 15.2 Å². The van der Waals surface area contributed by atoms with Crippen molar-refractivity contribution >= 4 is 23.3 Å². The van der Waals surface area contributed by atoms with Crippen LogP contribution < -0.4 is 10.6 Å². The molecule has 1 amide bonds. The topological polar surface area (TPSA) is 57.3 Å². The van der Waals surface area contributed by atoms with Gasteiger partial charge in [-0.05, 0) is 38.4 Å². The van der Waals surface area contributed by atoms with Crippen LogP contribution >= 0.6 is 11.6 Å². The molecule has 2 heterocycles. The fourth-order valence-electron chi connectivity index (χ4n) is 2.49. The molecule has 1 saturated heterocycles. The third-order valence-corrected chi connectivity index (χ3v) is 4.00. The summed E-state index contributed by atoms with van der Waals surface area (Å²) in [4.78, 5) is 18.7. The molecule has 6 heteroatoms. The summed E-state index contributed by atoms with van der Waals surface area (Å²) in [6, 6.07) is 1.72. The van der Waals surface area contributed by atoms with E-state index in [1.165, 1.54) is 6.20 Å². The molecule has 116 valence electrons. The van der Waals surface area contributed by atoms with Gasteiger partial charge in [0.25, 0.3) is 5.91 Å². The van der Waals surface area contributed by atoms with Gasteiger partial charge in [-0.25, -0.2) is 4.98 Å². The highest BCUT2D eigenvalue weighted by atomic mass is 35.5. The number of amides is 1. The molecule has 1 atom stereocenters. The SMILES string of the molecule is CCCNc1cc(C(=O)NCC2CCN(C)C2)c(Cl)cn1. The number of nitrogens with one attached hydrogen (secondary N) is 2. The Morgan fingerprint density at radius 3 is 3.05 bits per heavy atom. The van der Waals surface area contributed by atoms with Gasteiger partial charge in [-0.1, -0.05) is 18.5 Å².